The Morgan fingerprint density at radius 1 is 0.941 bits per heavy atom. The van der Waals surface area contributed by atoms with Crippen molar-refractivity contribution >= 4 is 21.9 Å². The monoisotopic (exact) mass is 1220 g/mol. The van der Waals surface area contributed by atoms with Crippen molar-refractivity contribution in [2.75, 3.05) is 60.4 Å². The van der Waals surface area contributed by atoms with Gasteiger partial charge in [-0.1, -0.05) is 68.4 Å². The Balaban J connectivity index is 1.16. The summed E-state index contributed by atoms with van der Waals surface area (Å²) < 4.78 is 92.6. The van der Waals surface area contributed by atoms with Crippen LogP contribution < -0.4 is 5.32 Å². The number of alkyl halides is 1. The summed E-state index contributed by atoms with van der Waals surface area (Å²) in [5.41, 5.74) is -2.59. The lowest BCUT2D eigenvalue weighted by atomic mass is 9.77. The summed E-state index contributed by atoms with van der Waals surface area (Å²) in [4.78, 5) is 30.9. The van der Waals surface area contributed by atoms with Crippen LogP contribution in [0.2, 0.25) is 0 Å². The molecule has 0 radical (unpaired) electrons. The average Bonchev–Trinajstić information content (AvgIpc) is 4.12. The zero-order chi connectivity index (χ0) is 62.8. The number of hydrogen-bond donors (Lipinski definition) is 5. The number of methoxy groups -OCH3 is 2. The molecule has 0 bridgehead atoms. The minimum Gasteiger partial charge on any atom is -0.459 e. The van der Waals surface area contributed by atoms with Crippen LogP contribution in [-0.4, -0.2) is 210 Å². The summed E-state index contributed by atoms with van der Waals surface area (Å²) in [6.07, 6.45) is -6.24. The molecule has 0 saturated carbocycles. The highest BCUT2D eigenvalue weighted by Gasteiger charge is 2.52. The SMILES string of the molecule is CC[C@H]1OC(=O)[C@H](C)[C@@H](O[C@H]2C[C@@](C)(OC)[C@@H](O)[C@H](C)O2)[C@H](C)[C@@H](O[C@H]2C[C@@H](N(C)CCc3cn([C@H](CF)[C@H](OC)c4ccc(S(=O)(=O)CCNC(=O)OCc5ccccc5)cc4)nn3)C[C@@H](C)O2)[C@](C)(O)C[C@@H](C)CN(C)[C@H](C)[C@@H](O)[C@]1(C)O. The van der Waals surface area contributed by atoms with Gasteiger partial charge in [-0.3, -0.25) is 4.79 Å². The standard InChI is InChI=1S/C61H97FN6O16S/c1-15-49-61(10,74)54(69)41(6)67(12)34-37(2)31-59(8,73)56(39(4)52(40(5)57(71)82-49)83-51-32-60(9,78-14)55(70)42(7)81-51)84-50-30-46(29-38(3)80-50)66(11)27-25-45-35-68(65-64-45)48(33-62)53(77-13)44-21-23-47(24-22-44)85(75,76)28-26-63-58(72)79-36-43-19-17-16-18-20-43/h16-24,35,37-42,46,48-56,69-70,73-74H,15,25-34,36H2,1-14H3,(H,63,72)/t37-,38-,39+,40-,41-,42+,46+,48-,49-,50+,51+,52+,53-,54-,55+,56-,59-,60-,61-/m1/s1. The van der Waals surface area contributed by atoms with Gasteiger partial charge in [-0.2, -0.15) is 0 Å². The minimum absolute atomic E-state index is 0.0211. The Kier molecular flexibility index (Phi) is 24.9. The lowest BCUT2D eigenvalue weighted by Gasteiger charge is -2.48. The molecule has 480 valence electrons. The lowest BCUT2D eigenvalue weighted by molar-refractivity contribution is -0.308. The molecule has 1 aromatic heterocycles. The smallest absolute Gasteiger partial charge is 0.407 e. The van der Waals surface area contributed by atoms with Crippen LogP contribution in [0.25, 0.3) is 0 Å². The molecule has 0 unspecified atom stereocenters. The first-order valence-corrected chi connectivity index (χ1v) is 31.5. The van der Waals surface area contributed by atoms with Crippen molar-refractivity contribution in [3.05, 3.63) is 77.6 Å². The number of carbonyl (C=O) groups excluding carboxylic acids is 2. The van der Waals surface area contributed by atoms with Crippen molar-refractivity contribution in [2.45, 2.75) is 216 Å². The van der Waals surface area contributed by atoms with Crippen molar-refractivity contribution < 1.29 is 80.7 Å². The van der Waals surface area contributed by atoms with Crippen LogP contribution in [0.15, 0.2) is 65.7 Å². The van der Waals surface area contributed by atoms with Gasteiger partial charge in [0.1, 0.15) is 49.3 Å². The molecule has 22 nitrogen and oxygen atoms in total. The summed E-state index contributed by atoms with van der Waals surface area (Å²) in [5.74, 6) is -3.07. The predicted octanol–water partition coefficient (Wildman–Crippen LogP) is 5.73. The maximum Gasteiger partial charge on any atom is 0.407 e. The predicted molar refractivity (Wildman–Crippen MR) is 313 cm³/mol. The Labute approximate surface area is 502 Å². The van der Waals surface area contributed by atoms with E-state index in [2.05, 4.69) is 20.5 Å². The van der Waals surface area contributed by atoms with Gasteiger partial charge in [-0.25, -0.2) is 22.3 Å². The highest BCUT2D eigenvalue weighted by Crippen LogP contribution is 2.41. The number of alkyl carbamates (subject to hydrolysis) is 1. The summed E-state index contributed by atoms with van der Waals surface area (Å²) in [6.45, 7) is 17.6. The molecule has 2 aromatic carbocycles. The number of rotatable bonds is 21. The first-order chi connectivity index (χ1) is 40.0. The molecule has 4 heterocycles. The number of hydrogen-bond acceptors (Lipinski definition) is 20. The van der Waals surface area contributed by atoms with Gasteiger partial charge in [0.25, 0.3) is 0 Å². The number of sulfone groups is 1. The van der Waals surface area contributed by atoms with Gasteiger partial charge >= 0.3 is 12.1 Å². The zero-order valence-electron chi connectivity index (χ0n) is 52.2. The number of halogens is 1. The summed E-state index contributed by atoms with van der Waals surface area (Å²) >= 11 is 0. The number of nitrogens with one attached hydrogen (secondary N) is 1. The fourth-order valence-corrected chi connectivity index (χ4v) is 13.7. The van der Waals surface area contributed by atoms with Gasteiger partial charge in [-0.05, 0) is 111 Å². The molecule has 85 heavy (non-hydrogen) atoms. The normalized spacial score (nSPS) is 34.8. The first kappa shape index (κ1) is 69.8. The van der Waals surface area contributed by atoms with Crippen LogP contribution in [-0.2, 0) is 65.6 Å². The summed E-state index contributed by atoms with van der Waals surface area (Å²) in [5, 5.41) is 58.8. The highest BCUT2D eigenvalue weighted by molar-refractivity contribution is 7.91. The number of amides is 1. The molecule has 1 amide bonds. The fourth-order valence-electron chi connectivity index (χ4n) is 12.5. The molecule has 24 heteroatoms. The first-order valence-electron chi connectivity index (χ1n) is 29.8. The van der Waals surface area contributed by atoms with E-state index < -0.39 is 125 Å². The number of aliphatic hydroxyl groups excluding tert-OH is 2. The van der Waals surface area contributed by atoms with Crippen molar-refractivity contribution in [3.8, 4) is 0 Å². The van der Waals surface area contributed by atoms with Crippen LogP contribution in [0.5, 0.6) is 0 Å². The molecule has 5 N–H and O–H groups in total. The number of carbonyl (C=O) groups is 2. The second-order valence-electron chi connectivity index (χ2n) is 24.8. The van der Waals surface area contributed by atoms with Gasteiger partial charge < -0.3 is 73.4 Å². The third-order valence-electron chi connectivity index (χ3n) is 17.8. The van der Waals surface area contributed by atoms with E-state index in [1.165, 1.54) is 38.0 Å². The summed E-state index contributed by atoms with van der Waals surface area (Å²) in [7, 11) is 2.96. The topological polar surface area (TPSA) is 272 Å². The molecular weight excluding hydrogens is 1120 g/mol. The lowest BCUT2D eigenvalue weighted by Crippen LogP contribution is -2.59. The quantitative estimate of drug-likeness (QED) is 0.0797. The third-order valence-corrected chi connectivity index (χ3v) is 19.6. The van der Waals surface area contributed by atoms with E-state index in [9.17, 15) is 38.4 Å². The molecule has 0 spiro atoms. The van der Waals surface area contributed by atoms with Crippen molar-refractivity contribution in [3.63, 3.8) is 0 Å². The number of likely N-dealkylation sites (N-methyl/N-ethyl adjacent to an activating group) is 2. The Bertz CT molecular complexity index is 2680. The van der Waals surface area contributed by atoms with Gasteiger partial charge in [-0.15, -0.1) is 5.10 Å². The van der Waals surface area contributed by atoms with E-state index in [-0.39, 0.29) is 61.1 Å². The van der Waals surface area contributed by atoms with E-state index in [0.717, 1.165) is 5.56 Å². The van der Waals surface area contributed by atoms with Gasteiger partial charge in [0.15, 0.2) is 22.4 Å². The second-order valence-corrected chi connectivity index (χ2v) is 26.9. The van der Waals surface area contributed by atoms with Crippen molar-refractivity contribution in [2.24, 2.45) is 17.8 Å². The van der Waals surface area contributed by atoms with E-state index in [0.29, 0.717) is 43.6 Å². The maximum atomic E-state index is 15.1. The van der Waals surface area contributed by atoms with E-state index in [1.54, 1.807) is 59.9 Å². The van der Waals surface area contributed by atoms with E-state index in [4.69, 9.17) is 37.9 Å². The largest absolute Gasteiger partial charge is 0.459 e. The molecule has 3 aliphatic heterocycles. The number of benzene rings is 2. The third kappa shape index (κ3) is 17.7. The average molecular weight is 1220 g/mol. The molecule has 19 atom stereocenters. The number of cyclic esters (lactones) is 1. The Hall–Kier alpha value is -4.28. The van der Waals surface area contributed by atoms with Crippen LogP contribution in [0, 0.1) is 17.8 Å². The second kappa shape index (κ2) is 30.3. The van der Waals surface area contributed by atoms with Gasteiger partial charge in [0.2, 0.25) is 0 Å². The number of aromatic nitrogens is 3. The van der Waals surface area contributed by atoms with E-state index in [1.807, 2.05) is 70.1 Å². The van der Waals surface area contributed by atoms with Crippen LogP contribution in [0.4, 0.5) is 9.18 Å². The Morgan fingerprint density at radius 2 is 1.62 bits per heavy atom. The van der Waals surface area contributed by atoms with Crippen molar-refractivity contribution in [1.82, 2.24) is 30.1 Å². The van der Waals surface area contributed by atoms with Crippen LogP contribution in [0.1, 0.15) is 130 Å². The molecule has 6 rings (SSSR count). The maximum absolute atomic E-state index is 15.1. The van der Waals surface area contributed by atoms with Crippen LogP contribution >= 0.6 is 0 Å². The Morgan fingerprint density at radius 3 is 2.26 bits per heavy atom. The molecule has 3 fully saturated rings. The molecule has 0 aliphatic carbocycles. The van der Waals surface area contributed by atoms with Gasteiger partial charge in [0, 0.05) is 77.3 Å². The zero-order valence-corrected chi connectivity index (χ0v) is 53.0. The molecular formula is C61H97FN6O16S. The van der Waals surface area contributed by atoms with Gasteiger partial charge in [0.05, 0.1) is 57.9 Å². The molecule has 3 aromatic rings. The van der Waals surface area contributed by atoms with Crippen molar-refractivity contribution in [1.29, 1.82) is 0 Å². The fraction of sp³-hybridized carbons (Fsp3) is 0.738. The number of ether oxygens (including phenoxy) is 8. The van der Waals surface area contributed by atoms with E-state index >= 15 is 4.39 Å². The molecule has 3 saturated heterocycles. The minimum atomic E-state index is -3.81. The molecule has 3 aliphatic rings. The summed E-state index contributed by atoms with van der Waals surface area (Å²) in [6, 6.07) is 13.5. The highest BCUT2D eigenvalue weighted by atomic mass is 32.2. The number of aliphatic hydroxyl groups is 4. The number of nitrogens with zero attached hydrogens (tertiary/aromatic N) is 5. The number of esters is 1. The van der Waals surface area contributed by atoms with Crippen LogP contribution in [0.3, 0.4) is 0 Å².